The van der Waals surface area contributed by atoms with Crippen molar-refractivity contribution >= 4 is 57.4 Å². The predicted octanol–water partition coefficient (Wildman–Crippen LogP) is 5.74. The topological polar surface area (TPSA) is 106 Å². The molecule has 0 saturated carbocycles. The summed E-state index contributed by atoms with van der Waals surface area (Å²) in [6.45, 7) is 4.77. The minimum absolute atomic E-state index is 0.135. The smallest absolute Gasteiger partial charge is 0.508 e. The Hall–Kier alpha value is -1.96. The summed E-state index contributed by atoms with van der Waals surface area (Å²) in [6, 6.07) is 9.76. The van der Waals surface area contributed by atoms with Crippen LogP contribution in [0.15, 0.2) is 36.4 Å². The van der Waals surface area contributed by atoms with Gasteiger partial charge in [0.1, 0.15) is 17.1 Å². The van der Waals surface area contributed by atoms with Gasteiger partial charge in [0, 0.05) is 0 Å². The molecular weight excluding hydrogens is 608 g/mol. The third-order valence-electron chi connectivity index (χ3n) is 3.23. The summed E-state index contributed by atoms with van der Waals surface area (Å²) in [4.78, 5) is 28.1. The van der Waals surface area contributed by atoms with Crippen molar-refractivity contribution in [3.05, 3.63) is 49.1 Å². The van der Waals surface area contributed by atoms with Gasteiger partial charge in [-0.1, -0.05) is 0 Å². The number of carboxylic acid groups (broad SMARTS) is 1. The number of carbonyl (C=O) groups excluding carboxylic acids is 1. The lowest BCUT2D eigenvalue weighted by atomic mass is 10.2. The predicted molar refractivity (Wildman–Crippen MR) is 121 cm³/mol. The van der Waals surface area contributed by atoms with E-state index in [4.69, 9.17) is 14.3 Å². The molecule has 0 radical (unpaired) electrons. The van der Waals surface area contributed by atoms with Crippen LogP contribution in [0.5, 0.6) is 17.2 Å². The summed E-state index contributed by atoms with van der Waals surface area (Å²) in [5, 5.41) is 19.2. The Morgan fingerprint density at radius 2 is 1.62 bits per heavy atom. The molecule has 0 aliphatic rings. The number of phenolic OH excluding ortho intramolecular Hbond substituents is 1. The van der Waals surface area contributed by atoms with E-state index in [1.807, 2.05) is 0 Å². The molecule has 0 bridgehead atoms. The van der Waals surface area contributed by atoms with Gasteiger partial charge in [-0.15, -0.1) is 5.06 Å². The largest absolute Gasteiger partial charge is 0.534 e. The molecule has 10 heteroatoms. The van der Waals surface area contributed by atoms with E-state index in [2.05, 4.69) is 45.2 Å². The number of hydrogen-bond donors (Lipinski definition) is 2. The van der Waals surface area contributed by atoms with Crippen molar-refractivity contribution < 1.29 is 34.1 Å². The molecule has 2 aromatic rings. The first-order valence-electron chi connectivity index (χ1n) is 8.31. The summed E-state index contributed by atoms with van der Waals surface area (Å²) in [7, 11) is 0. The zero-order chi connectivity index (χ0) is 21.8. The highest BCUT2D eigenvalue weighted by atomic mass is 127. The molecule has 2 aromatic carbocycles. The van der Waals surface area contributed by atoms with E-state index >= 15 is 0 Å². The summed E-state index contributed by atoms with van der Waals surface area (Å²) >= 11 is 4.15. The molecule has 0 atom stereocenters. The second-order valence-electron chi connectivity index (χ2n) is 6.86. The number of carbonyl (C=O) groups is 2. The number of benzene rings is 2. The van der Waals surface area contributed by atoms with Crippen LogP contribution in [0.2, 0.25) is 0 Å². The quantitative estimate of drug-likeness (QED) is 0.253. The van der Waals surface area contributed by atoms with Gasteiger partial charge in [-0.25, -0.2) is 9.59 Å². The lowest BCUT2D eigenvalue weighted by molar-refractivity contribution is -0.127. The van der Waals surface area contributed by atoms with Gasteiger partial charge in [0.15, 0.2) is 5.75 Å². The normalized spacial score (nSPS) is 10.9. The van der Waals surface area contributed by atoms with Crippen molar-refractivity contribution in [2.75, 3.05) is 0 Å². The van der Waals surface area contributed by atoms with Crippen molar-refractivity contribution in [1.82, 2.24) is 5.06 Å². The van der Waals surface area contributed by atoms with E-state index < -0.39 is 17.8 Å². The van der Waals surface area contributed by atoms with Gasteiger partial charge in [0.05, 0.1) is 13.7 Å². The number of amides is 1. The molecule has 2 N–H and O–H groups in total. The number of rotatable bonds is 4. The van der Waals surface area contributed by atoms with Crippen LogP contribution in [0.3, 0.4) is 0 Å². The van der Waals surface area contributed by atoms with Crippen LogP contribution in [0, 0.1) is 7.14 Å². The average Bonchev–Trinajstić information content (AvgIpc) is 2.57. The van der Waals surface area contributed by atoms with E-state index in [1.54, 1.807) is 45.0 Å². The van der Waals surface area contributed by atoms with Crippen molar-refractivity contribution in [2.24, 2.45) is 0 Å². The number of halogens is 2. The average molecular weight is 627 g/mol. The molecule has 0 aliphatic heterocycles. The van der Waals surface area contributed by atoms with Crippen LogP contribution in [-0.2, 0) is 16.1 Å². The van der Waals surface area contributed by atoms with Crippen LogP contribution >= 0.6 is 45.2 Å². The summed E-state index contributed by atoms with van der Waals surface area (Å²) in [6.07, 6.45) is -2.53. The Balaban J connectivity index is 2.16. The maximum atomic E-state index is 11.8. The Morgan fingerprint density at radius 1 is 1.07 bits per heavy atom. The SMILES string of the molecule is CC(C)(C)OC(=O)ON(Cc1cc(I)c(Oc2ccc(O)cc2)c(I)c1)C(=O)O. The first-order valence-corrected chi connectivity index (χ1v) is 10.5. The van der Waals surface area contributed by atoms with Gasteiger partial charge < -0.3 is 19.7 Å². The van der Waals surface area contributed by atoms with Crippen LogP contribution in [0.25, 0.3) is 0 Å². The van der Waals surface area contributed by atoms with Crippen molar-refractivity contribution in [3.8, 4) is 17.2 Å². The highest BCUT2D eigenvalue weighted by Crippen LogP contribution is 2.33. The molecule has 1 amide bonds. The van der Waals surface area contributed by atoms with Crippen LogP contribution in [0.4, 0.5) is 9.59 Å². The van der Waals surface area contributed by atoms with Gasteiger partial charge in [-0.05, 0) is 108 Å². The van der Waals surface area contributed by atoms with E-state index in [0.29, 0.717) is 22.1 Å². The maximum Gasteiger partial charge on any atom is 0.534 e. The molecule has 0 saturated heterocycles. The Kier molecular flexibility index (Phi) is 7.80. The number of hydrogen-bond acceptors (Lipinski definition) is 6. The third kappa shape index (κ3) is 7.42. The first-order chi connectivity index (χ1) is 13.4. The number of nitrogens with zero attached hydrogens (tertiary/aromatic N) is 1. The van der Waals surface area contributed by atoms with E-state index in [1.165, 1.54) is 12.1 Å². The molecule has 0 aromatic heterocycles. The summed E-state index contributed by atoms with van der Waals surface area (Å²) in [5.74, 6) is 1.28. The zero-order valence-corrected chi connectivity index (χ0v) is 20.1. The highest BCUT2D eigenvalue weighted by molar-refractivity contribution is 14.1. The van der Waals surface area contributed by atoms with Gasteiger partial charge in [-0.3, -0.25) is 4.84 Å². The molecular formula is C19H19I2NO7. The second kappa shape index (κ2) is 9.69. The minimum atomic E-state index is -1.43. The lowest BCUT2D eigenvalue weighted by Crippen LogP contribution is -2.35. The van der Waals surface area contributed by atoms with Gasteiger partial charge >= 0.3 is 12.2 Å². The van der Waals surface area contributed by atoms with E-state index in [-0.39, 0.29) is 12.3 Å². The molecule has 8 nitrogen and oxygen atoms in total. The van der Waals surface area contributed by atoms with Crippen LogP contribution in [-0.4, -0.2) is 33.1 Å². The molecule has 0 unspecified atom stereocenters. The van der Waals surface area contributed by atoms with Gasteiger partial charge in [-0.2, -0.15) is 0 Å². The standard InChI is InChI=1S/C19H19I2NO7/c1-19(2,3)28-18(26)29-22(17(24)25)10-11-8-14(20)16(15(21)9-11)27-13-6-4-12(23)5-7-13/h4-9,23H,10H2,1-3H3,(H,24,25). The Labute approximate surface area is 195 Å². The zero-order valence-electron chi connectivity index (χ0n) is 15.8. The van der Waals surface area contributed by atoms with Crippen molar-refractivity contribution in [2.45, 2.75) is 32.9 Å². The Bertz CT molecular complexity index is 871. The third-order valence-corrected chi connectivity index (χ3v) is 4.83. The Morgan fingerprint density at radius 3 is 2.10 bits per heavy atom. The first kappa shape index (κ1) is 23.3. The number of phenols is 1. The summed E-state index contributed by atoms with van der Waals surface area (Å²) < 4.78 is 12.3. The number of aromatic hydroxyl groups is 1. The fourth-order valence-corrected chi connectivity index (χ4v) is 4.21. The lowest BCUT2D eigenvalue weighted by Gasteiger charge is -2.22. The monoisotopic (exact) mass is 627 g/mol. The molecule has 0 aliphatic carbocycles. The molecule has 0 spiro atoms. The van der Waals surface area contributed by atoms with Gasteiger partial charge in [0.2, 0.25) is 0 Å². The van der Waals surface area contributed by atoms with Crippen LogP contribution in [0.1, 0.15) is 26.3 Å². The number of ether oxygens (including phenoxy) is 2. The maximum absolute atomic E-state index is 11.8. The number of hydroxylamine groups is 2. The molecule has 156 valence electrons. The van der Waals surface area contributed by atoms with Crippen molar-refractivity contribution in [3.63, 3.8) is 0 Å². The van der Waals surface area contributed by atoms with Crippen molar-refractivity contribution in [1.29, 1.82) is 0 Å². The van der Waals surface area contributed by atoms with Crippen LogP contribution < -0.4 is 4.74 Å². The fraction of sp³-hybridized carbons (Fsp3) is 0.263. The minimum Gasteiger partial charge on any atom is -0.508 e. The highest BCUT2D eigenvalue weighted by Gasteiger charge is 2.24. The second-order valence-corrected chi connectivity index (χ2v) is 9.18. The molecule has 0 fully saturated rings. The molecule has 29 heavy (non-hydrogen) atoms. The fourth-order valence-electron chi connectivity index (χ4n) is 2.10. The van der Waals surface area contributed by atoms with E-state index in [0.717, 1.165) is 7.14 Å². The molecule has 2 rings (SSSR count). The van der Waals surface area contributed by atoms with Gasteiger partial charge in [0.25, 0.3) is 0 Å². The summed E-state index contributed by atoms with van der Waals surface area (Å²) in [5.41, 5.74) is -0.206. The van der Waals surface area contributed by atoms with E-state index in [9.17, 15) is 19.8 Å². The molecule has 0 heterocycles.